The molecule has 1 rings (SSSR count). The molecule has 29 heavy (non-hydrogen) atoms. The lowest BCUT2D eigenvalue weighted by Gasteiger charge is -2.23. The van der Waals surface area contributed by atoms with E-state index in [1.165, 1.54) is 9.80 Å². The summed E-state index contributed by atoms with van der Waals surface area (Å²) in [6, 6.07) is 5.79. The monoisotopic (exact) mass is 403 g/mol. The second-order valence-corrected chi connectivity index (χ2v) is 7.14. The Hall–Kier alpha value is -2.65. The number of hydrogen-bond donors (Lipinski definition) is 3. The summed E-state index contributed by atoms with van der Waals surface area (Å²) < 4.78 is 0. The van der Waals surface area contributed by atoms with E-state index in [9.17, 15) is 24.4 Å². The lowest BCUT2D eigenvalue weighted by molar-refractivity contribution is -0.132. The molecule has 0 spiro atoms. The van der Waals surface area contributed by atoms with Crippen LogP contribution in [0.5, 0.6) is 0 Å². The summed E-state index contributed by atoms with van der Waals surface area (Å²) in [5.74, 6) is -2.25. The van der Waals surface area contributed by atoms with Crippen LogP contribution in [0.2, 0.25) is 0 Å². The van der Waals surface area contributed by atoms with E-state index in [0.29, 0.717) is 0 Å². The van der Waals surface area contributed by atoms with E-state index in [1.807, 2.05) is 32.0 Å². The molecular weight excluding hydrogens is 373 g/mol. The molecule has 158 valence electrons. The molecule has 0 aromatic heterocycles. The van der Waals surface area contributed by atoms with Crippen LogP contribution in [0.25, 0.3) is 0 Å². The first-order chi connectivity index (χ1) is 13.5. The lowest BCUT2D eigenvalue weighted by atomic mass is 9.75. The molecule has 0 bridgehead atoms. The minimum atomic E-state index is -1.75. The van der Waals surface area contributed by atoms with Crippen molar-refractivity contribution in [2.24, 2.45) is 0 Å². The number of nitrogens with one attached hydrogen (secondary N) is 1. The number of aryl methyl sites for hydroxylation is 2. The molecule has 1 unspecified atom stereocenters. The number of likely N-dealkylation sites (N-methyl/N-ethyl adjacent to an activating group) is 2. The number of rotatable bonds is 9. The molecule has 0 aliphatic rings. The Labute approximate surface area is 172 Å². The summed E-state index contributed by atoms with van der Waals surface area (Å²) in [5.41, 5.74) is 2.97. The summed E-state index contributed by atoms with van der Waals surface area (Å²) in [5, 5.41) is 21.9. The van der Waals surface area contributed by atoms with Crippen molar-refractivity contribution in [2.75, 3.05) is 27.2 Å². The zero-order chi connectivity index (χ0) is 22.1. The molecule has 0 saturated heterocycles. The largest absolute Gasteiger partial charge is 0.475 e. The van der Waals surface area contributed by atoms with Crippen LogP contribution in [0.1, 0.15) is 23.6 Å². The van der Waals surface area contributed by atoms with Gasteiger partial charge in [-0.2, -0.15) is 0 Å². The second kappa shape index (κ2) is 11.4. The molecule has 9 heteroatoms. The van der Waals surface area contributed by atoms with Crippen molar-refractivity contribution in [3.63, 3.8) is 0 Å². The fourth-order valence-corrected chi connectivity index (χ4v) is 2.71. The predicted molar refractivity (Wildman–Crippen MR) is 112 cm³/mol. The normalized spacial score (nSPS) is 11.8. The van der Waals surface area contributed by atoms with E-state index in [0.717, 1.165) is 28.8 Å². The van der Waals surface area contributed by atoms with E-state index in [1.54, 1.807) is 21.0 Å². The van der Waals surface area contributed by atoms with Gasteiger partial charge in [0.15, 0.2) is 0 Å². The van der Waals surface area contributed by atoms with Gasteiger partial charge in [0, 0.05) is 32.8 Å². The van der Waals surface area contributed by atoms with Crippen LogP contribution in [0.3, 0.4) is 0 Å². The minimum absolute atomic E-state index is 0.243. The van der Waals surface area contributed by atoms with E-state index in [-0.39, 0.29) is 25.4 Å². The van der Waals surface area contributed by atoms with Gasteiger partial charge in [0.1, 0.15) is 0 Å². The van der Waals surface area contributed by atoms with Crippen molar-refractivity contribution in [2.45, 2.75) is 33.1 Å². The molecule has 3 amide bonds. The molecule has 0 aliphatic heterocycles. The summed E-state index contributed by atoms with van der Waals surface area (Å²) in [6.45, 7) is 5.60. The highest BCUT2D eigenvalue weighted by Crippen LogP contribution is 2.13. The van der Waals surface area contributed by atoms with Crippen molar-refractivity contribution in [1.82, 2.24) is 15.1 Å². The van der Waals surface area contributed by atoms with E-state index in [2.05, 4.69) is 5.32 Å². The third-order valence-electron chi connectivity index (χ3n) is 4.48. The Morgan fingerprint density at radius 1 is 1.14 bits per heavy atom. The summed E-state index contributed by atoms with van der Waals surface area (Å²) >= 11 is 0. The van der Waals surface area contributed by atoms with E-state index in [4.69, 9.17) is 0 Å². The molecule has 0 radical (unpaired) electrons. The smallest absolute Gasteiger partial charge is 0.426 e. The Balaban J connectivity index is 2.76. The molecular formula is C20H30BN3O5. The Bertz CT molecular complexity index is 764. The summed E-state index contributed by atoms with van der Waals surface area (Å²) in [4.78, 5) is 38.7. The zero-order valence-corrected chi connectivity index (χ0v) is 17.7. The SMILES string of the molecule is CCN(CC(=O)NC(Cc1ccc(C)cc1C)B(O)O)C(=O)/C=C/C(=O)N(C)C. The van der Waals surface area contributed by atoms with Crippen molar-refractivity contribution in [1.29, 1.82) is 0 Å². The summed E-state index contributed by atoms with van der Waals surface area (Å²) in [6.07, 6.45) is 2.50. The number of amides is 3. The maximum absolute atomic E-state index is 12.4. The molecule has 8 nitrogen and oxygen atoms in total. The Kier molecular flexibility index (Phi) is 9.57. The Morgan fingerprint density at radius 2 is 1.76 bits per heavy atom. The maximum atomic E-state index is 12.4. The first-order valence-corrected chi connectivity index (χ1v) is 9.45. The highest BCUT2D eigenvalue weighted by Gasteiger charge is 2.27. The highest BCUT2D eigenvalue weighted by molar-refractivity contribution is 6.43. The van der Waals surface area contributed by atoms with E-state index < -0.39 is 24.9 Å². The van der Waals surface area contributed by atoms with Crippen LogP contribution in [0, 0.1) is 13.8 Å². The van der Waals surface area contributed by atoms with Gasteiger partial charge in [-0.15, -0.1) is 0 Å². The molecule has 1 aromatic carbocycles. The first-order valence-electron chi connectivity index (χ1n) is 9.45. The number of nitrogens with zero attached hydrogens (tertiary/aromatic N) is 2. The van der Waals surface area contributed by atoms with Gasteiger partial charge in [-0.3, -0.25) is 14.4 Å². The molecule has 1 atom stereocenters. The summed E-state index contributed by atoms with van der Waals surface area (Å²) in [7, 11) is 1.39. The van der Waals surface area contributed by atoms with Crippen LogP contribution >= 0.6 is 0 Å². The van der Waals surface area contributed by atoms with Crippen molar-refractivity contribution in [3.05, 3.63) is 47.0 Å². The van der Waals surface area contributed by atoms with Gasteiger partial charge in [0.2, 0.25) is 17.7 Å². The van der Waals surface area contributed by atoms with Gasteiger partial charge in [-0.05, 0) is 38.3 Å². The van der Waals surface area contributed by atoms with Gasteiger partial charge >= 0.3 is 7.12 Å². The predicted octanol–water partition coefficient (Wildman–Crippen LogP) is -0.164. The topological polar surface area (TPSA) is 110 Å². The Morgan fingerprint density at radius 3 is 2.28 bits per heavy atom. The van der Waals surface area contributed by atoms with Gasteiger partial charge in [0.25, 0.3) is 0 Å². The molecule has 3 N–H and O–H groups in total. The van der Waals surface area contributed by atoms with Gasteiger partial charge in [0.05, 0.1) is 12.5 Å². The van der Waals surface area contributed by atoms with Gasteiger partial charge in [-0.1, -0.05) is 23.8 Å². The molecule has 0 aliphatic carbocycles. The van der Waals surface area contributed by atoms with Crippen LogP contribution in [0.15, 0.2) is 30.4 Å². The lowest BCUT2D eigenvalue weighted by Crippen LogP contribution is -2.51. The van der Waals surface area contributed by atoms with Crippen LogP contribution in [-0.4, -0.2) is 77.8 Å². The van der Waals surface area contributed by atoms with Crippen molar-refractivity contribution >= 4 is 24.8 Å². The van der Waals surface area contributed by atoms with E-state index >= 15 is 0 Å². The standard InChI is InChI=1S/C20H30BN3O5/c1-6-24(20(27)10-9-19(26)23(4)5)13-18(25)22-17(21(28)29)12-16-8-7-14(2)11-15(16)3/h7-11,17,28-29H,6,12-13H2,1-5H3,(H,22,25)/b10-9+. The molecule has 1 aromatic rings. The minimum Gasteiger partial charge on any atom is -0.426 e. The highest BCUT2D eigenvalue weighted by atomic mass is 16.4. The van der Waals surface area contributed by atoms with Gasteiger partial charge < -0.3 is 25.2 Å². The van der Waals surface area contributed by atoms with Crippen LogP contribution < -0.4 is 5.32 Å². The number of hydrogen-bond acceptors (Lipinski definition) is 5. The fraction of sp³-hybridized carbons (Fsp3) is 0.450. The van der Waals surface area contributed by atoms with Gasteiger partial charge in [-0.25, -0.2) is 0 Å². The number of carbonyl (C=O) groups excluding carboxylic acids is 3. The average Bonchev–Trinajstić information content (AvgIpc) is 2.64. The third kappa shape index (κ3) is 8.09. The van der Waals surface area contributed by atoms with Crippen LogP contribution in [-0.2, 0) is 20.8 Å². The molecule has 0 heterocycles. The second-order valence-electron chi connectivity index (χ2n) is 7.14. The molecule has 0 saturated carbocycles. The van der Waals surface area contributed by atoms with Crippen LogP contribution in [0.4, 0.5) is 0 Å². The maximum Gasteiger partial charge on any atom is 0.475 e. The fourth-order valence-electron chi connectivity index (χ4n) is 2.71. The average molecular weight is 403 g/mol. The number of benzene rings is 1. The zero-order valence-electron chi connectivity index (χ0n) is 17.7. The number of carbonyl (C=O) groups is 3. The van der Waals surface area contributed by atoms with Crippen molar-refractivity contribution < 1.29 is 24.4 Å². The first kappa shape index (κ1) is 24.4. The van der Waals surface area contributed by atoms with Crippen molar-refractivity contribution in [3.8, 4) is 0 Å². The third-order valence-corrected chi connectivity index (χ3v) is 4.48. The quantitative estimate of drug-likeness (QED) is 0.392. The molecule has 0 fully saturated rings.